The van der Waals surface area contributed by atoms with Gasteiger partial charge in [-0.05, 0) is 0 Å². The van der Waals surface area contributed by atoms with Crippen molar-refractivity contribution < 1.29 is 30.0 Å². The summed E-state index contributed by atoms with van der Waals surface area (Å²) in [5, 5.41) is 38.3. The monoisotopic (exact) mass is 311 g/mol. The highest BCUT2D eigenvalue weighted by molar-refractivity contribution is 5.81. The highest BCUT2D eigenvalue weighted by Crippen LogP contribution is 2.33. The second kappa shape index (κ2) is 5.14. The maximum Gasteiger partial charge on any atom is 0.335 e. The minimum absolute atomic E-state index is 0.124. The van der Waals surface area contributed by atoms with Crippen molar-refractivity contribution in [3.05, 3.63) is 12.7 Å². The van der Waals surface area contributed by atoms with Crippen molar-refractivity contribution in [2.75, 3.05) is 5.73 Å². The number of anilines is 1. The second-order valence-corrected chi connectivity index (χ2v) is 4.84. The number of ether oxygens (including phenoxy) is 1. The molecule has 2 aromatic heterocycles. The van der Waals surface area contributed by atoms with Crippen LogP contribution in [0, 0.1) is 0 Å². The Morgan fingerprint density at radius 2 is 2.05 bits per heavy atom. The SMILES string of the molecule is Nc1ncnc2c1ncn2C1OC(C(O)C(=O)O)C(O)C1O. The highest BCUT2D eigenvalue weighted by atomic mass is 16.6. The molecule has 11 nitrogen and oxygen atoms in total. The molecule has 0 radical (unpaired) electrons. The zero-order valence-electron chi connectivity index (χ0n) is 11.0. The molecule has 0 bridgehead atoms. The molecule has 1 fully saturated rings. The van der Waals surface area contributed by atoms with Gasteiger partial charge in [0.05, 0.1) is 6.33 Å². The molecule has 0 aliphatic carbocycles. The van der Waals surface area contributed by atoms with Gasteiger partial charge < -0.3 is 30.9 Å². The van der Waals surface area contributed by atoms with E-state index >= 15 is 0 Å². The average molecular weight is 311 g/mol. The van der Waals surface area contributed by atoms with E-state index in [4.69, 9.17) is 15.6 Å². The van der Waals surface area contributed by atoms with Gasteiger partial charge in [-0.1, -0.05) is 0 Å². The molecule has 1 aliphatic rings. The van der Waals surface area contributed by atoms with Crippen LogP contribution >= 0.6 is 0 Å². The Morgan fingerprint density at radius 1 is 1.32 bits per heavy atom. The van der Waals surface area contributed by atoms with Gasteiger partial charge in [0.25, 0.3) is 0 Å². The van der Waals surface area contributed by atoms with Crippen molar-refractivity contribution in [1.82, 2.24) is 19.5 Å². The van der Waals surface area contributed by atoms with E-state index in [1.807, 2.05) is 0 Å². The number of carboxylic acids is 1. The van der Waals surface area contributed by atoms with E-state index in [0.29, 0.717) is 0 Å². The zero-order valence-corrected chi connectivity index (χ0v) is 11.0. The minimum Gasteiger partial charge on any atom is -0.479 e. The number of aliphatic carboxylic acids is 1. The van der Waals surface area contributed by atoms with E-state index in [1.54, 1.807) is 0 Å². The molecule has 0 spiro atoms. The van der Waals surface area contributed by atoms with Crippen LogP contribution in [-0.4, -0.2) is 70.3 Å². The molecule has 2 aromatic rings. The number of imidazole rings is 1. The number of hydrogen-bond acceptors (Lipinski definition) is 9. The van der Waals surface area contributed by atoms with Gasteiger partial charge in [0.1, 0.15) is 30.2 Å². The highest BCUT2D eigenvalue weighted by Gasteiger charge is 2.49. The topological polar surface area (TPSA) is 177 Å². The first-order valence-electron chi connectivity index (χ1n) is 6.27. The number of carbonyl (C=O) groups is 1. The third-order valence-electron chi connectivity index (χ3n) is 3.50. The van der Waals surface area contributed by atoms with Gasteiger partial charge in [0.15, 0.2) is 23.8 Å². The van der Waals surface area contributed by atoms with Crippen LogP contribution in [-0.2, 0) is 9.53 Å². The molecule has 5 atom stereocenters. The third-order valence-corrected chi connectivity index (χ3v) is 3.50. The van der Waals surface area contributed by atoms with Crippen molar-refractivity contribution in [2.45, 2.75) is 30.6 Å². The number of carboxylic acid groups (broad SMARTS) is 1. The summed E-state index contributed by atoms with van der Waals surface area (Å²) in [4.78, 5) is 22.5. The lowest BCUT2D eigenvalue weighted by Crippen LogP contribution is -2.42. The first kappa shape index (κ1) is 14.6. The third kappa shape index (κ3) is 2.07. The summed E-state index contributed by atoms with van der Waals surface area (Å²) in [6.07, 6.45) is -5.25. The molecule has 0 saturated carbocycles. The number of fused-ring (bicyclic) bond motifs is 1. The van der Waals surface area contributed by atoms with Crippen molar-refractivity contribution in [3.63, 3.8) is 0 Å². The number of nitrogens with zero attached hydrogens (tertiary/aromatic N) is 4. The molecule has 1 saturated heterocycles. The maximum atomic E-state index is 10.8. The fourth-order valence-electron chi connectivity index (χ4n) is 2.37. The lowest BCUT2D eigenvalue weighted by Gasteiger charge is -2.17. The van der Waals surface area contributed by atoms with Gasteiger partial charge in [-0.3, -0.25) is 4.57 Å². The largest absolute Gasteiger partial charge is 0.479 e. The molecule has 5 unspecified atom stereocenters. The lowest BCUT2D eigenvalue weighted by molar-refractivity contribution is -0.160. The Hall–Kier alpha value is -2.34. The van der Waals surface area contributed by atoms with Gasteiger partial charge in [-0.15, -0.1) is 0 Å². The molecule has 3 rings (SSSR count). The first-order valence-corrected chi connectivity index (χ1v) is 6.27. The molecular weight excluding hydrogens is 298 g/mol. The number of hydrogen-bond donors (Lipinski definition) is 5. The smallest absolute Gasteiger partial charge is 0.335 e. The Morgan fingerprint density at radius 3 is 2.73 bits per heavy atom. The molecule has 1 aliphatic heterocycles. The zero-order chi connectivity index (χ0) is 16.0. The van der Waals surface area contributed by atoms with Crippen LogP contribution in [0.2, 0.25) is 0 Å². The van der Waals surface area contributed by atoms with Crippen molar-refractivity contribution in [3.8, 4) is 0 Å². The maximum absolute atomic E-state index is 10.8. The van der Waals surface area contributed by atoms with Crippen LogP contribution in [0.3, 0.4) is 0 Å². The Labute approximate surface area is 122 Å². The lowest BCUT2D eigenvalue weighted by atomic mass is 10.1. The van der Waals surface area contributed by atoms with E-state index in [-0.39, 0.29) is 17.0 Å². The molecular formula is C11H13N5O6. The van der Waals surface area contributed by atoms with Crippen LogP contribution in [0.25, 0.3) is 11.2 Å². The minimum atomic E-state index is -1.98. The van der Waals surface area contributed by atoms with E-state index in [2.05, 4.69) is 15.0 Å². The van der Waals surface area contributed by atoms with Gasteiger partial charge in [0.2, 0.25) is 0 Å². The van der Waals surface area contributed by atoms with Crippen molar-refractivity contribution in [1.29, 1.82) is 0 Å². The van der Waals surface area contributed by atoms with Crippen molar-refractivity contribution >= 4 is 23.0 Å². The first-order chi connectivity index (χ1) is 10.4. The van der Waals surface area contributed by atoms with Gasteiger partial charge in [-0.2, -0.15) is 0 Å². The number of nitrogen functional groups attached to an aromatic ring is 1. The summed E-state index contributed by atoms with van der Waals surface area (Å²) >= 11 is 0. The molecule has 11 heteroatoms. The second-order valence-electron chi connectivity index (χ2n) is 4.84. The molecule has 118 valence electrons. The standard InChI is InChI=1S/C11H13N5O6/c12-8-3-9(14-1-13-8)16(2-15-3)10-5(18)4(17)7(22-10)6(19)11(20)21/h1-2,4-7,10,17-19H,(H,20,21)(H2,12,13,14). The summed E-state index contributed by atoms with van der Waals surface area (Å²) in [7, 11) is 0. The predicted octanol–water partition coefficient (Wildman–Crippen LogP) is -2.53. The number of aliphatic hydroxyl groups excluding tert-OH is 3. The number of nitrogens with two attached hydrogens (primary N) is 1. The molecule has 22 heavy (non-hydrogen) atoms. The summed E-state index contributed by atoms with van der Waals surface area (Å²) in [5.41, 5.74) is 6.17. The Kier molecular flexibility index (Phi) is 3.41. The fraction of sp³-hybridized carbons (Fsp3) is 0.455. The van der Waals surface area contributed by atoms with Gasteiger partial charge in [0, 0.05) is 0 Å². The van der Waals surface area contributed by atoms with Crippen LogP contribution < -0.4 is 5.73 Å². The summed E-state index contributed by atoms with van der Waals surface area (Å²) in [6.45, 7) is 0. The number of rotatable bonds is 3. The predicted molar refractivity (Wildman–Crippen MR) is 69.3 cm³/mol. The normalized spacial score (nSPS) is 29.8. The molecule has 6 N–H and O–H groups in total. The molecule has 3 heterocycles. The van der Waals surface area contributed by atoms with Gasteiger partial charge in [-0.25, -0.2) is 19.7 Å². The number of aromatic nitrogens is 4. The average Bonchev–Trinajstić information content (AvgIpc) is 3.02. The van der Waals surface area contributed by atoms with Crippen LogP contribution in [0.1, 0.15) is 6.23 Å². The number of aliphatic hydroxyl groups is 3. The summed E-state index contributed by atoms with van der Waals surface area (Å²) in [6, 6.07) is 0. The van der Waals surface area contributed by atoms with E-state index < -0.39 is 36.6 Å². The summed E-state index contributed by atoms with van der Waals surface area (Å²) < 4.78 is 6.58. The van der Waals surface area contributed by atoms with E-state index in [9.17, 15) is 20.1 Å². The van der Waals surface area contributed by atoms with Crippen molar-refractivity contribution in [2.24, 2.45) is 0 Å². The van der Waals surface area contributed by atoms with Crippen LogP contribution in [0.4, 0.5) is 5.82 Å². The Balaban J connectivity index is 1.98. The van der Waals surface area contributed by atoms with Gasteiger partial charge >= 0.3 is 5.97 Å². The van der Waals surface area contributed by atoms with Crippen LogP contribution in [0.5, 0.6) is 0 Å². The van der Waals surface area contributed by atoms with Crippen LogP contribution in [0.15, 0.2) is 12.7 Å². The molecule has 0 amide bonds. The van der Waals surface area contributed by atoms with E-state index in [1.165, 1.54) is 17.2 Å². The summed E-state index contributed by atoms with van der Waals surface area (Å²) in [5.74, 6) is -1.45. The van der Waals surface area contributed by atoms with E-state index in [0.717, 1.165) is 0 Å². The Bertz CT molecular complexity index is 720. The fourth-order valence-corrected chi connectivity index (χ4v) is 2.37. The quantitative estimate of drug-likeness (QED) is 0.406. The molecule has 0 aromatic carbocycles.